The smallest absolute Gasteiger partial charge is 0.186 e. The molecule has 0 unspecified atom stereocenters. The first kappa shape index (κ1) is 2.71. The summed E-state index contributed by atoms with van der Waals surface area (Å²) in [7, 11) is 0. The molecule has 0 spiro atoms. The van der Waals surface area contributed by atoms with Gasteiger partial charge in [-0.05, 0) is 22.9 Å². The lowest BCUT2D eigenvalue weighted by atomic mass is 10.3. The second-order valence-corrected chi connectivity index (χ2v) is 4.30. The number of piperazine rings is 1. The highest BCUT2D eigenvalue weighted by Gasteiger charge is 2.16. The van der Waals surface area contributed by atoms with Crippen LogP contribution in [0.3, 0.4) is 0 Å². The molecule has 0 amide bonds. The van der Waals surface area contributed by atoms with Crippen molar-refractivity contribution in [1.29, 1.82) is 0 Å². The summed E-state index contributed by atoms with van der Waals surface area (Å²) >= 11 is 3.57. The molecular weight excluding hydrogens is 250 g/mol. The zero-order valence-electron chi connectivity index (χ0n) is 18.1. The van der Waals surface area contributed by atoms with Crippen LogP contribution in [-0.2, 0) is 0 Å². The lowest BCUT2D eigenvalue weighted by Gasteiger charge is -2.31. The fourth-order valence-corrected chi connectivity index (χ4v) is 1.71. The van der Waals surface area contributed by atoms with E-state index in [1.165, 1.54) is 0 Å². The molecule has 1 aliphatic heterocycles. The highest BCUT2D eigenvalue weighted by molar-refractivity contribution is 9.11. The molecule has 0 saturated carbocycles. The number of rotatable bonds is 1. The van der Waals surface area contributed by atoms with Crippen molar-refractivity contribution in [3.05, 3.63) is 9.96 Å². The summed E-state index contributed by atoms with van der Waals surface area (Å²) in [5, 5.41) is -0.496. The maximum atomic E-state index is 8.06. The molecule has 72 valence electrons. The third kappa shape index (κ3) is 2.21. The molecule has 0 bridgehead atoms. The van der Waals surface area contributed by atoms with Gasteiger partial charge in [0.2, 0.25) is 0 Å². The van der Waals surface area contributed by atoms with Crippen LogP contribution in [0.5, 0.6) is 0 Å². The van der Waals surface area contributed by atoms with Crippen molar-refractivity contribution in [2.24, 2.45) is 0 Å². The zero-order chi connectivity index (χ0) is 19.8. The molecule has 1 aromatic heterocycles. The lowest BCUT2D eigenvalue weighted by Crippen LogP contribution is -2.44. The third-order valence-electron chi connectivity index (χ3n) is 1.16. The van der Waals surface area contributed by atoms with E-state index in [9.17, 15) is 0 Å². The predicted molar refractivity (Wildman–Crippen MR) is 59.5 cm³/mol. The van der Waals surface area contributed by atoms with Gasteiger partial charge in [-0.3, -0.25) is 0 Å². The molecule has 5 heteroatoms. The fraction of sp³-hybridized carbons (Fsp3) is 0.625. The number of aromatic nitrogens is 1. The summed E-state index contributed by atoms with van der Waals surface area (Å²) in [6, 6.07) is 0. The van der Waals surface area contributed by atoms with Gasteiger partial charge in [-0.25, -0.2) is 4.98 Å². The van der Waals surface area contributed by atoms with E-state index in [1.807, 2.05) is 0 Å². The Bertz CT molecular complexity index is 637. The number of hydrogen-bond donors (Lipinski definition) is 0. The molecule has 13 heavy (non-hydrogen) atoms. The van der Waals surface area contributed by atoms with Gasteiger partial charge >= 0.3 is 0 Å². The van der Waals surface area contributed by atoms with E-state index < -0.39 is 43.0 Å². The molecule has 0 atom stereocenters. The fourth-order valence-electron chi connectivity index (χ4n) is 0.665. The molecule has 0 aromatic carbocycles. The summed E-state index contributed by atoms with van der Waals surface area (Å²) in [5.41, 5.74) is 0. The Hall–Kier alpha value is -0.130. The molecule has 0 N–H and O–H groups in total. The minimum Gasteiger partial charge on any atom is -0.345 e. The topological polar surface area (TPSA) is 19.4 Å². The Morgan fingerprint density at radius 3 is 3.00 bits per heavy atom. The van der Waals surface area contributed by atoms with Gasteiger partial charge < -0.3 is 9.80 Å². The van der Waals surface area contributed by atoms with E-state index in [1.54, 1.807) is 0 Å². The van der Waals surface area contributed by atoms with Gasteiger partial charge in [0.1, 0.15) is 0 Å². The average molecular weight is 274 g/mol. The van der Waals surface area contributed by atoms with Gasteiger partial charge in [0.15, 0.2) is 5.13 Å². The summed E-state index contributed by atoms with van der Waals surface area (Å²) in [6.45, 7) is -17.0. The van der Waals surface area contributed by atoms with Gasteiger partial charge in [-0.2, -0.15) is 0 Å². The van der Waals surface area contributed by atoms with Gasteiger partial charge in [0.05, 0.1) is 16.8 Å². The van der Waals surface area contributed by atoms with Crippen molar-refractivity contribution in [2.75, 3.05) is 37.9 Å². The Labute approximate surface area is 107 Å². The molecule has 1 aromatic rings. The van der Waals surface area contributed by atoms with Crippen LogP contribution in [0.4, 0.5) is 5.13 Å². The van der Waals surface area contributed by atoms with E-state index in [4.69, 9.17) is 16.4 Å². The van der Waals surface area contributed by atoms with Crippen molar-refractivity contribution < 1.29 is 16.4 Å². The van der Waals surface area contributed by atoms with Crippen LogP contribution in [0.15, 0.2) is 9.96 Å². The lowest BCUT2D eigenvalue weighted by molar-refractivity contribution is 0.313. The molecule has 2 rings (SSSR count). The molecule has 3 nitrogen and oxygen atoms in total. The van der Waals surface area contributed by atoms with E-state index >= 15 is 0 Å². The summed E-state index contributed by atoms with van der Waals surface area (Å²) in [6.07, 6.45) is -0.369. The minimum atomic E-state index is -3.45. The Morgan fingerprint density at radius 2 is 2.46 bits per heavy atom. The van der Waals surface area contributed by atoms with Gasteiger partial charge in [0, 0.05) is 35.6 Å². The molecule has 1 saturated heterocycles. The molecule has 0 aliphatic carbocycles. The predicted octanol–water partition coefficient (Wildman–Crippen LogP) is 1.66. The van der Waals surface area contributed by atoms with Gasteiger partial charge in [-0.1, -0.05) is 11.3 Å². The molecule has 2 heterocycles. The molecule has 0 radical (unpaired) electrons. The SMILES string of the molecule is [2H]c1nc(N2C([2H])([2H])C([2H])([2H])N(C([2H])([2H])[2H])C([2H])([2H])C2([2H])[2H])sc1Br. The first-order chi connectivity index (χ1) is 10.9. The Balaban J connectivity index is 2.79. The van der Waals surface area contributed by atoms with E-state index in [2.05, 4.69) is 20.9 Å². The maximum absolute atomic E-state index is 8.06. The van der Waals surface area contributed by atoms with Crippen molar-refractivity contribution in [3.63, 3.8) is 0 Å². The highest BCUT2D eigenvalue weighted by atomic mass is 79.9. The third-order valence-corrected chi connectivity index (χ3v) is 2.55. The number of thiazole rings is 1. The average Bonchev–Trinajstić information content (AvgIpc) is 2.63. The van der Waals surface area contributed by atoms with E-state index in [0.29, 0.717) is 11.3 Å². The summed E-state index contributed by atoms with van der Waals surface area (Å²) < 4.78 is 93.8. The normalized spacial score (nSPS) is 49.5. The Morgan fingerprint density at radius 1 is 1.69 bits per heavy atom. The van der Waals surface area contributed by atoms with Crippen LogP contribution in [0.25, 0.3) is 0 Å². The van der Waals surface area contributed by atoms with Crippen LogP contribution < -0.4 is 4.90 Å². The van der Waals surface area contributed by atoms with Gasteiger partial charge in [0.25, 0.3) is 0 Å². The first-order valence-corrected chi connectivity index (χ1v) is 4.75. The zero-order valence-corrected chi connectivity index (χ0v) is 8.53. The second kappa shape index (κ2) is 3.94. The van der Waals surface area contributed by atoms with E-state index in [0.717, 1.165) is 0 Å². The van der Waals surface area contributed by atoms with Crippen LogP contribution >= 0.6 is 27.3 Å². The number of hydrogen-bond acceptors (Lipinski definition) is 4. The maximum Gasteiger partial charge on any atom is 0.186 e. The highest BCUT2D eigenvalue weighted by Crippen LogP contribution is 2.26. The standard InChI is InChI=1S/C8H12BrN3S/c1-11-2-4-12(5-3-11)8-10-6-7(9)13-8/h6H,2-5H2,1H3/i1D3,2D2,3D2,4D2,5D2,6D. The number of likely N-dealkylation sites (N-methyl/N-ethyl adjacent to an activating group) is 1. The van der Waals surface area contributed by atoms with Crippen LogP contribution in [0.2, 0.25) is 0 Å². The Kier molecular flexibility index (Phi) is 0.821. The first-order valence-electron chi connectivity index (χ1n) is 9.14. The number of halogens is 1. The van der Waals surface area contributed by atoms with Crippen LogP contribution in [0, 0.1) is 0 Å². The summed E-state index contributed by atoms with van der Waals surface area (Å²) in [4.78, 5) is 3.35. The molecular formula is C8H12BrN3S. The van der Waals surface area contributed by atoms with E-state index in [-0.39, 0.29) is 14.9 Å². The molecule has 1 fully saturated rings. The number of nitrogens with zero attached hydrogens (tertiary/aromatic N) is 3. The molecule has 1 aliphatic rings. The quantitative estimate of drug-likeness (QED) is 0.776. The largest absolute Gasteiger partial charge is 0.345 e. The summed E-state index contributed by atoms with van der Waals surface area (Å²) in [5.74, 6) is 0. The number of anilines is 1. The van der Waals surface area contributed by atoms with Gasteiger partial charge in [-0.15, -0.1) is 0 Å². The van der Waals surface area contributed by atoms with Crippen molar-refractivity contribution in [2.45, 2.75) is 0 Å². The monoisotopic (exact) mass is 273 g/mol. The van der Waals surface area contributed by atoms with Crippen molar-refractivity contribution >= 4 is 32.4 Å². The second-order valence-electron chi connectivity index (χ2n) is 2.00. The van der Waals surface area contributed by atoms with Crippen molar-refractivity contribution in [3.8, 4) is 0 Å². The van der Waals surface area contributed by atoms with Crippen molar-refractivity contribution in [1.82, 2.24) is 9.88 Å². The minimum absolute atomic E-state index is 0.105. The van der Waals surface area contributed by atoms with Crippen LogP contribution in [0.1, 0.15) is 16.4 Å². The van der Waals surface area contributed by atoms with Crippen LogP contribution in [-0.4, -0.2) is 42.8 Å².